The van der Waals surface area contributed by atoms with Gasteiger partial charge >= 0.3 is 0 Å². The van der Waals surface area contributed by atoms with E-state index in [1.54, 1.807) is 0 Å². The number of ether oxygens (including phenoxy) is 1. The number of hydrogen-bond acceptors (Lipinski definition) is 3. The van der Waals surface area contributed by atoms with E-state index in [0.29, 0.717) is 6.61 Å². The number of rotatable bonds is 5. The number of amides is 2. The van der Waals surface area contributed by atoms with Crippen LogP contribution in [0, 0.1) is 12.3 Å². The Morgan fingerprint density at radius 3 is 2.90 bits per heavy atom. The fraction of sp³-hybridized carbons (Fsp3) is 0.375. The maximum atomic E-state index is 11.9. The number of hydrogen-bond donors (Lipinski definition) is 2. The van der Waals surface area contributed by atoms with Crippen molar-refractivity contribution in [2.24, 2.45) is 0 Å². The molecule has 2 rings (SSSR count). The van der Waals surface area contributed by atoms with E-state index >= 15 is 0 Å². The molecule has 0 saturated carbocycles. The molecule has 0 aliphatic carbocycles. The van der Waals surface area contributed by atoms with Crippen molar-refractivity contribution in [2.45, 2.75) is 18.9 Å². The maximum absolute atomic E-state index is 11.9. The lowest BCUT2D eigenvalue weighted by molar-refractivity contribution is -0.128. The van der Waals surface area contributed by atoms with E-state index in [9.17, 15) is 9.59 Å². The SMILES string of the molecule is C#CCNC(=O)CNC(=O)C[C@@H]1OCCc2ccccc21. The van der Waals surface area contributed by atoms with Gasteiger partial charge < -0.3 is 15.4 Å². The monoisotopic (exact) mass is 286 g/mol. The van der Waals surface area contributed by atoms with Crippen molar-refractivity contribution in [3.05, 3.63) is 35.4 Å². The number of carbonyl (C=O) groups is 2. The van der Waals surface area contributed by atoms with Gasteiger partial charge in [0.2, 0.25) is 11.8 Å². The number of nitrogens with one attached hydrogen (secondary N) is 2. The molecule has 0 unspecified atom stereocenters. The van der Waals surface area contributed by atoms with Crippen LogP contribution in [0.4, 0.5) is 0 Å². The topological polar surface area (TPSA) is 67.4 Å². The Balaban J connectivity index is 1.84. The Hall–Kier alpha value is -2.32. The van der Waals surface area contributed by atoms with Gasteiger partial charge in [0.15, 0.2) is 0 Å². The average Bonchev–Trinajstić information content (AvgIpc) is 2.51. The molecule has 1 aliphatic rings. The van der Waals surface area contributed by atoms with Gasteiger partial charge in [-0.2, -0.15) is 0 Å². The zero-order chi connectivity index (χ0) is 15.1. The summed E-state index contributed by atoms with van der Waals surface area (Å²) < 4.78 is 5.66. The van der Waals surface area contributed by atoms with E-state index in [4.69, 9.17) is 11.2 Å². The van der Waals surface area contributed by atoms with Crippen LogP contribution in [0.3, 0.4) is 0 Å². The highest BCUT2D eigenvalue weighted by atomic mass is 16.5. The minimum Gasteiger partial charge on any atom is -0.373 e. The number of fused-ring (bicyclic) bond motifs is 1. The Bertz CT molecular complexity index is 563. The molecule has 1 atom stereocenters. The largest absolute Gasteiger partial charge is 0.373 e. The molecule has 1 aromatic carbocycles. The van der Waals surface area contributed by atoms with Crippen LogP contribution in [0.5, 0.6) is 0 Å². The van der Waals surface area contributed by atoms with E-state index < -0.39 is 0 Å². The van der Waals surface area contributed by atoms with Crippen molar-refractivity contribution < 1.29 is 14.3 Å². The Morgan fingerprint density at radius 1 is 1.29 bits per heavy atom. The number of benzene rings is 1. The van der Waals surface area contributed by atoms with Gasteiger partial charge in [0.05, 0.1) is 32.2 Å². The van der Waals surface area contributed by atoms with Gasteiger partial charge in [0.25, 0.3) is 0 Å². The third kappa shape index (κ3) is 4.33. The van der Waals surface area contributed by atoms with Gasteiger partial charge in [-0.3, -0.25) is 9.59 Å². The first-order valence-electron chi connectivity index (χ1n) is 6.87. The molecule has 0 bridgehead atoms. The molecule has 0 radical (unpaired) electrons. The van der Waals surface area contributed by atoms with Crippen molar-refractivity contribution >= 4 is 11.8 Å². The molecule has 0 aromatic heterocycles. The Morgan fingerprint density at radius 2 is 2.10 bits per heavy atom. The van der Waals surface area contributed by atoms with Crippen molar-refractivity contribution in [3.63, 3.8) is 0 Å². The second-order valence-electron chi connectivity index (χ2n) is 4.77. The van der Waals surface area contributed by atoms with Crippen LogP contribution in [0.15, 0.2) is 24.3 Å². The number of terminal acetylenes is 1. The predicted molar refractivity (Wildman–Crippen MR) is 78.3 cm³/mol. The molecule has 2 amide bonds. The highest BCUT2D eigenvalue weighted by Crippen LogP contribution is 2.29. The molecule has 0 saturated heterocycles. The van der Waals surface area contributed by atoms with Crippen LogP contribution in [-0.2, 0) is 20.7 Å². The molecule has 21 heavy (non-hydrogen) atoms. The lowest BCUT2D eigenvalue weighted by Crippen LogP contribution is -2.37. The van der Waals surface area contributed by atoms with Crippen LogP contribution < -0.4 is 10.6 Å². The third-order valence-electron chi connectivity index (χ3n) is 3.30. The summed E-state index contributed by atoms with van der Waals surface area (Å²) in [5, 5.41) is 5.06. The molecule has 2 N–H and O–H groups in total. The summed E-state index contributed by atoms with van der Waals surface area (Å²) in [6.45, 7) is 0.695. The minimum absolute atomic E-state index is 0.0745. The van der Waals surface area contributed by atoms with Gasteiger partial charge in [-0.1, -0.05) is 30.2 Å². The summed E-state index contributed by atoms with van der Waals surface area (Å²) >= 11 is 0. The van der Waals surface area contributed by atoms with Crippen molar-refractivity contribution in [1.82, 2.24) is 10.6 Å². The summed E-state index contributed by atoms with van der Waals surface area (Å²) in [7, 11) is 0. The molecule has 0 fully saturated rings. The van der Waals surface area contributed by atoms with Crippen molar-refractivity contribution in [2.75, 3.05) is 19.7 Å². The summed E-state index contributed by atoms with van der Waals surface area (Å²) in [4.78, 5) is 23.2. The number of carbonyl (C=O) groups excluding carboxylic acids is 2. The van der Waals surface area contributed by atoms with Crippen LogP contribution >= 0.6 is 0 Å². The van der Waals surface area contributed by atoms with Crippen LogP contribution in [-0.4, -0.2) is 31.5 Å². The van der Waals surface area contributed by atoms with Crippen molar-refractivity contribution in [1.29, 1.82) is 0 Å². The zero-order valence-electron chi connectivity index (χ0n) is 11.7. The smallest absolute Gasteiger partial charge is 0.240 e. The van der Waals surface area contributed by atoms with E-state index in [-0.39, 0.29) is 37.4 Å². The molecule has 1 heterocycles. The van der Waals surface area contributed by atoms with Crippen LogP contribution in [0.1, 0.15) is 23.7 Å². The minimum atomic E-state index is -0.300. The van der Waals surface area contributed by atoms with Gasteiger partial charge in [0, 0.05) is 0 Å². The first kappa shape index (κ1) is 15.1. The van der Waals surface area contributed by atoms with Gasteiger partial charge in [-0.25, -0.2) is 0 Å². The fourth-order valence-electron chi connectivity index (χ4n) is 2.28. The normalized spacial score (nSPS) is 16.4. The quantitative estimate of drug-likeness (QED) is 0.777. The predicted octanol–water partition coefficient (Wildman–Crippen LogP) is 0.556. The molecule has 1 aliphatic heterocycles. The van der Waals surface area contributed by atoms with Crippen LogP contribution in [0.25, 0.3) is 0 Å². The second kappa shape index (κ2) is 7.46. The molecular formula is C16H18N2O3. The van der Waals surface area contributed by atoms with E-state index in [2.05, 4.69) is 22.6 Å². The Labute approximate surface area is 124 Å². The molecule has 5 heteroatoms. The zero-order valence-corrected chi connectivity index (χ0v) is 11.7. The molecule has 0 spiro atoms. The second-order valence-corrected chi connectivity index (χ2v) is 4.77. The first-order chi connectivity index (χ1) is 10.2. The lowest BCUT2D eigenvalue weighted by Gasteiger charge is -2.25. The highest BCUT2D eigenvalue weighted by Gasteiger charge is 2.23. The third-order valence-corrected chi connectivity index (χ3v) is 3.30. The average molecular weight is 286 g/mol. The van der Waals surface area contributed by atoms with Gasteiger partial charge in [-0.15, -0.1) is 6.42 Å². The molecular weight excluding hydrogens is 268 g/mol. The molecule has 1 aromatic rings. The fourth-order valence-corrected chi connectivity index (χ4v) is 2.28. The highest BCUT2D eigenvalue weighted by molar-refractivity contribution is 5.85. The first-order valence-corrected chi connectivity index (χ1v) is 6.87. The Kier molecular flexibility index (Phi) is 5.35. The lowest BCUT2D eigenvalue weighted by atomic mass is 9.96. The summed E-state index contributed by atoms with van der Waals surface area (Å²) in [5.74, 6) is 1.78. The van der Waals surface area contributed by atoms with Crippen molar-refractivity contribution in [3.8, 4) is 12.3 Å². The standard InChI is InChI=1S/C16H18N2O3/c1-2-8-17-16(20)11-18-15(19)10-14-13-6-4-3-5-12(13)7-9-21-14/h1,3-6,14H,7-11H2,(H,17,20)(H,18,19)/t14-/m0/s1. The molecule has 5 nitrogen and oxygen atoms in total. The van der Waals surface area contributed by atoms with E-state index in [0.717, 1.165) is 12.0 Å². The van der Waals surface area contributed by atoms with E-state index in [1.807, 2.05) is 18.2 Å². The summed E-state index contributed by atoms with van der Waals surface area (Å²) in [5.41, 5.74) is 2.27. The summed E-state index contributed by atoms with van der Waals surface area (Å²) in [6.07, 6.45) is 5.86. The maximum Gasteiger partial charge on any atom is 0.240 e. The summed E-state index contributed by atoms with van der Waals surface area (Å²) in [6, 6.07) is 7.95. The van der Waals surface area contributed by atoms with Gasteiger partial charge in [-0.05, 0) is 17.5 Å². The van der Waals surface area contributed by atoms with E-state index in [1.165, 1.54) is 5.56 Å². The van der Waals surface area contributed by atoms with Crippen LogP contribution in [0.2, 0.25) is 0 Å². The van der Waals surface area contributed by atoms with Gasteiger partial charge in [0.1, 0.15) is 0 Å². The molecule has 110 valence electrons.